The van der Waals surface area contributed by atoms with Gasteiger partial charge in [0.05, 0.1) is 0 Å². The number of hydrazone groups is 1. The van der Waals surface area contributed by atoms with Crippen molar-refractivity contribution in [3.8, 4) is 0 Å². The van der Waals surface area contributed by atoms with Crippen LogP contribution in [0.25, 0.3) is 0 Å². The molecule has 1 amide bonds. The summed E-state index contributed by atoms with van der Waals surface area (Å²) < 4.78 is 0. The number of carbonyl (C=O) groups is 1. The number of likely N-dealkylation sites (tertiary alicyclic amines) is 1. The summed E-state index contributed by atoms with van der Waals surface area (Å²) in [6, 6.07) is 10.1. The van der Waals surface area contributed by atoms with Crippen LogP contribution in [0.2, 0.25) is 0 Å². The van der Waals surface area contributed by atoms with Gasteiger partial charge in [0.15, 0.2) is 5.16 Å². The van der Waals surface area contributed by atoms with Crippen LogP contribution in [0.15, 0.2) is 45.5 Å². The van der Waals surface area contributed by atoms with Crippen LogP contribution >= 0.6 is 11.8 Å². The predicted molar refractivity (Wildman–Crippen MR) is 123 cm³/mol. The Morgan fingerprint density at radius 1 is 1.10 bits per heavy atom. The zero-order valence-corrected chi connectivity index (χ0v) is 18.5. The Balaban J connectivity index is 1.32. The van der Waals surface area contributed by atoms with E-state index in [1.165, 1.54) is 18.2 Å². The number of anilines is 2. The highest BCUT2D eigenvalue weighted by Gasteiger charge is 2.21. The van der Waals surface area contributed by atoms with E-state index in [1.54, 1.807) is 0 Å². The van der Waals surface area contributed by atoms with Gasteiger partial charge in [-0.2, -0.15) is 5.10 Å². The highest BCUT2D eigenvalue weighted by Crippen LogP contribution is 2.30. The van der Waals surface area contributed by atoms with Gasteiger partial charge in [0.25, 0.3) is 5.91 Å². The minimum absolute atomic E-state index is 0.122. The summed E-state index contributed by atoms with van der Waals surface area (Å²) >= 11 is 1.51. The van der Waals surface area contributed by atoms with Crippen molar-refractivity contribution in [1.29, 1.82) is 0 Å². The molecule has 9 heteroatoms. The van der Waals surface area contributed by atoms with Gasteiger partial charge in [-0.05, 0) is 62.2 Å². The van der Waals surface area contributed by atoms with Crippen LogP contribution in [0, 0.1) is 0 Å². The molecule has 162 valence electrons. The molecule has 0 aliphatic carbocycles. The van der Waals surface area contributed by atoms with E-state index in [9.17, 15) is 4.79 Å². The monoisotopic (exact) mass is 437 g/mol. The van der Waals surface area contributed by atoms with Crippen LogP contribution in [0.1, 0.15) is 43.0 Å². The van der Waals surface area contributed by atoms with E-state index >= 15 is 0 Å². The number of benzene rings is 1. The summed E-state index contributed by atoms with van der Waals surface area (Å²) in [5.41, 5.74) is 3.81. The number of rotatable bonds is 5. The first-order valence-electron chi connectivity index (χ1n) is 10.9. The minimum Gasteiger partial charge on any atom is -0.356 e. The molecule has 4 heterocycles. The van der Waals surface area contributed by atoms with Crippen LogP contribution in [-0.2, 0) is 0 Å². The summed E-state index contributed by atoms with van der Waals surface area (Å²) in [6.45, 7) is 5.87. The third kappa shape index (κ3) is 4.61. The molecule has 2 N–H and O–H groups in total. The second-order valence-electron chi connectivity index (χ2n) is 8.28. The molecule has 2 aromatic rings. The van der Waals surface area contributed by atoms with Gasteiger partial charge in [-0.15, -0.1) is 0 Å². The maximum absolute atomic E-state index is 12.6. The van der Waals surface area contributed by atoms with Crippen molar-refractivity contribution in [2.24, 2.45) is 5.10 Å². The van der Waals surface area contributed by atoms with Gasteiger partial charge in [-0.25, -0.2) is 9.97 Å². The van der Waals surface area contributed by atoms with Crippen LogP contribution in [0.5, 0.6) is 0 Å². The molecule has 0 saturated carbocycles. The molecule has 2 saturated heterocycles. The number of hydrogen-bond acceptors (Lipinski definition) is 8. The smallest absolute Gasteiger partial charge is 0.253 e. The highest BCUT2D eigenvalue weighted by atomic mass is 32.2. The topological polar surface area (TPSA) is 85.8 Å². The number of hydrogen-bond donors (Lipinski definition) is 2. The first-order valence-corrected chi connectivity index (χ1v) is 11.8. The molecule has 31 heavy (non-hydrogen) atoms. The fourth-order valence-corrected chi connectivity index (χ4v) is 4.67. The Labute approximate surface area is 186 Å². The van der Waals surface area contributed by atoms with Crippen molar-refractivity contribution in [3.63, 3.8) is 0 Å². The lowest BCUT2D eigenvalue weighted by molar-refractivity contribution is 0.0793. The molecule has 8 nitrogen and oxygen atoms in total. The van der Waals surface area contributed by atoms with Crippen LogP contribution < -0.4 is 15.6 Å². The summed E-state index contributed by atoms with van der Waals surface area (Å²) in [5, 5.41) is 8.36. The van der Waals surface area contributed by atoms with E-state index in [2.05, 4.69) is 27.7 Å². The molecule has 1 atom stereocenters. The number of nitrogens with one attached hydrogen (secondary N) is 2. The van der Waals surface area contributed by atoms with Crippen molar-refractivity contribution < 1.29 is 4.79 Å². The van der Waals surface area contributed by atoms with Crippen molar-refractivity contribution in [2.75, 3.05) is 36.4 Å². The van der Waals surface area contributed by atoms with E-state index in [-0.39, 0.29) is 5.91 Å². The Hall–Kier alpha value is -2.81. The molecule has 1 aromatic carbocycles. The molecule has 2 fully saturated rings. The minimum atomic E-state index is 0.122. The zero-order valence-electron chi connectivity index (χ0n) is 17.7. The Bertz CT molecular complexity index is 984. The third-order valence-corrected chi connectivity index (χ3v) is 6.64. The van der Waals surface area contributed by atoms with Gasteiger partial charge in [0, 0.05) is 55.2 Å². The molecule has 5 rings (SSSR count). The molecule has 0 spiro atoms. The van der Waals surface area contributed by atoms with Crippen LogP contribution in [-0.4, -0.2) is 58.8 Å². The molecule has 0 radical (unpaired) electrons. The first-order chi connectivity index (χ1) is 15.1. The van der Waals surface area contributed by atoms with Crippen molar-refractivity contribution in [3.05, 3.63) is 35.9 Å². The van der Waals surface area contributed by atoms with Crippen molar-refractivity contribution in [2.45, 2.75) is 48.7 Å². The summed E-state index contributed by atoms with van der Waals surface area (Å²) in [5.74, 6) is 2.71. The quantitative estimate of drug-likeness (QED) is 0.695. The number of aromatic nitrogens is 2. The second-order valence-corrected chi connectivity index (χ2v) is 9.32. The van der Waals surface area contributed by atoms with E-state index in [0.29, 0.717) is 11.2 Å². The maximum Gasteiger partial charge on any atom is 0.253 e. The standard InChI is InChI=1S/C22H27N7OS/c1-15-13-19(27-26-15)23-18-14-20(28-11-4-12-28)25-22(24-18)31-17-7-5-16(6-8-17)21(30)29-9-2-3-10-29/h5-8,14-15,26H,2-4,9-13H2,1H3,(H,23,24,25,27). The Kier molecular flexibility index (Phi) is 5.67. The molecular formula is C22H27N7OS. The Morgan fingerprint density at radius 2 is 1.87 bits per heavy atom. The second kappa shape index (κ2) is 8.74. The average Bonchev–Trinajstić information content (AvgIpc) is 3.39. The summed E-state index contributed by atoms with van der Waals surface area (Å²) in [6.07, 6.45) is 4.23. The van der Waals surface area contributed by atoms with E-state index in [1.807, 2.05) is 35.2 Å². The lowest BCUT2D eigenvalue weighted by atomic mass is 10.2. The van der Waals surface area contributed by atoms with Gasteiger partial charge in [-0.3, -0.25) is 4.79 Å². The van der Waals surface area contributed by atoms with Gasteiger partial charge in [-0.1, -0.05) is 0 Å². The SMILES string of the molecule is CC1CC(Nc2cc(N3CCC3)nc(Sc3ccc(C(=O)N4CCCC4)cc3)n2)=NN1. The largest absolute Gasteiger partial charge is 0.356 e. The summed E-state index contributed by atoms with van der Waals surface area (Å²) in [7, 11) is 0. The van der Waals surface area contributed by atoms with E-state index in [0.717, 1.165) is 73.4 Å². The number of amides is 1. The molecular weight excluding hydrogens is 410 g/mol. The van der Waals surface area contributed by atoms with Gasteiger partial charge >= 0.3 is 0 Å². The normalized spacial score (nSPS) is 20.3. The molecule has 3 aliphatic heterocycles. The Morgan fingerprint density at radius 3 is 2.52 bits per heavy atom. The fraction of sp³-hybridized carbons (Fsp3) is 0.455. The van der Waals surface area contributed by atoms with Gasteiger partial charge in [0.2, 0.25) is 0 Å². The third-order valence-electron chi connectivity index (χ3n) is 5.77. The van der Waals surface area contributed by atoms with E-state index in [4.69, 9.17) is 9.97 Å². The van der Waals surface area contributed by atoms with Gasteiger partial charge < -0.3 is 20.5 Å². The highest BCUT2D eigenvalue weighted by molar-refractivity contribution is 7.99. The number of amidine groups is 1. The fourth-order valence-electron chi connectivity index (χ4n) is 3.90. The lowest BCUT2D eigenvalue weighted by Gasteiger charge is -2.32. The molecule has 3 aliphatic rings. The molecule has 0 bridgehead atoms. The number of carbonyl (C=O) groups excluding carboxylic acids is 1. The van der Waals surface area contributed by atoms with Crippen LogP contribution in [0.3, 0.4) is 0 Å². The predicted octanol–water partition coefficient (Wildman–Crippen LogP) is 3.18. The summed E-state index contributed by atoms with van der Waals surface area (Å²) in [4.78, 5) is 27.2. The van der Waals surface area contributed by atoms with E-state index < -0.39 is 0 Å². The first kappa shape index (κ1) is 20.1. The molecule has 1 aromatic heterocycles. The maximum atomic E-state index is 12.6. The number of nitrogens with zero attached hydrogens (tertiary/aromatic N) is 5. The molecule has 1 unspecified atom stereocenters. The van der Waals surface area contributed by atoms with Crippen molar-refractivity contribution in [1.82, 2.24) is 20.3 Å². The van der Waals surface area contributed by atoms with Crippen molar-refractivity contribution >= 4 is 35.1 Å². The van der Waals surface area contributed by atoms with Crippen LogP contribution in [0.4, 0.5) is 11.6 Å². The zero-order chi connectivity index (χ0) is 21.2. The average molecular weight is 438 g/mol. The van der Waals surface area contributed by atoms with Gasteiger partial charge in [0.1, 0.15) is 17.5 Å². The lowest BCUT2D eigenvalue weighted by Crippen LogP contribution is -2.37.